The first-order valence-corrected chi connectivity index (χ1v) is 5.99. The fourth-order valence-corrected chi connectivity index (χ4v) is 2.15. The van der Waals surface area contributed by atoms with Crippen molar-refractivity contribution in [1.82, 2.24) is 20.4 Å². The standard InChI is InChI=1S/C11H19N5O/c1-8(7-16-4-2-3-5-16)13-11(17)9-6-10(12)15-14-9/h6,8H,2-5,7H2,1H3,(H,13,17)(H3,12,14,15). The van der Waals surface area contributed by atoms with Crippen molar-refractivity contribution < 1.29 is 4.79 Å². The molecular weight excluding hydrogens is 218 g/mol. The lowest BCUT2D eigenvalue weighted by molar-refractivity contribution is 0.0927. The number of hydrogen-bond acceptors (Lipinski definition) is 4. The van der Waals surface area contributed by atoms with Gasteiger partial charge in [0.1, 0.15) is 11.5 Å². The molecule has 1 aliphatic rings. The molecular formula is C11H19N5O. The molecule has 1 unspecified atom stereocenters. The molecule has 1 aliphatic heterocycles. The predicted molar refractivity (Wildman–Crippen MR) is 65.6 cm³/mol. The van der Waals surface area contributed by atoms with Gasteiger partial charge >= 0.3 is 0 Å². The molecule has 1 amide bonds. The minimum absolute atomic E-state index is 0.130. The summed E-state index contributed by atoms with van der Waals surface area (Å²) in [6, 6.07) is 1.67. The van der Waals surface area contributed by atoms with Crippen molar-refractivity contribution in [3.05, 3.63) is 11.8 Å². The van der Waals surface area contributed by atoms with E-state index in [2.05, 4.69) is 20.4 Å². The number of hydrogen-bond donors (Lipinski definition) is 3. The molecule has 1 aromatic rings. The van der Waals surface area contributed by atoms with Gasteiger partial charge in [0.25, 0.3) is 5.91 Å². The van der Waals surface area contributed by atoms with Crippen molar-refractivity contribution in [2.45, 2.75) is 25.8 Å². The Morgan fingerprint density at radius 3 is 2.94 bits per heavy atom. The van der Waals surface area contributed by atoms with Gasteiger partial charge in [0.05, 0.1) is 0 Å². The monoisotopic (exact) mass is 237 g/mol. The highest BCUT2D eigenvalue weighted by Crippen LogP contribution is 2.08. The third kappa shape index (κ3) is 3.20. The first kappa shape index (κ1) is 11.9. The number of nitrogen functional groups attached to an aromatic ring is 1. The predicted octanol–water partition coefficient (Wildman–Crippen LogP) is 0.206. The number of nitrogens with two attached hydrogens (primary N) is 1. The van der Waals surface area contributed by atoms with Gasteiger partial charge < -0.3 is 16.0 Å². The van der Waals surface area contributed by atoms with Crippen LogP contribution in [-0.4, -0.2) is 46.7 Å². The summed E-state index contributed by atoms with van der Waals surface area (Å²) in [5.74, 6) is 0.184. The molecule has 0 saturated carbocycles. The second-order valence-corrected chi connectivity index (χ2v) is 4.59. The lowest BCUT2D eigenvalue weighted by Crippen LogP contribution is -2.41. The van der Waals surface area contributed by atoms with Gasteiger partial charge in [-0.2, -0.15) is 5.10 Å². The maximum atomic E-state index is 11.8. The van der Waals surface area contributed by atoms with Gasteiger partial charge in [-0.05, 0) is 32.9 Å². The maximum absolute atomic E-state index is 11.8. The van der Waals surface area contributed by atoms with Gasteiger partial charge in [0, 0.05) is 18.7 Å². The van der Waals surface area contributed by atoms with Crippen molar-refractivity contribution in [3.8, 4) is 0 Å². The van der Waals surface area contributed by atoms with Crippen LogP contribution in [0.1, 0.15) is 30.3 Å². The summed E-state index contributed by atoms with van der Waals surface area (Å²) < 4.78 is 0. The zero-order valence-electron chi connectivity index (χ0n) is 10.1. The number of anilines is 1. The average Bonchev–Trinajstić information content (AvgIpc) is 2.89. The SMILES string of the molecule is CC(CN1CCCC1)NC(=O)c1cc(N)n[nH]1. The average molecular weight is 237 g/mol. The molecule has 1 saturated heterocycles. The number of amides is 1. The molecule has 6 nitrogen and oxygen atoms in total. The third-order valence-corrected chi connectivity index (χ3v) is 2.95. The fraction of sp³-hybridized carbons (Fsp3) is 0.636. The van der Waals surface area contributed by atoms with E-state index in [1.165, 1.54) is 18.9 Å². The summed E-state index contributed by atoms with van der Waals surface area (Å²) in [6.07, 6.45) is 2.52. The molecule has 0 radical (unpaired) electrons. The molecule has 1 atom stereocenters. The number of nitrogens with one attached hydrogen (secondary N) is 2. The second kappa shape index (κ2) is 5.18. The summed E-state index contributed by atoms with van der Waals surface area (Å²) in [6.45, 7) is 5.18. The van der Waals surface area contributed by atoms with Crippen LogP contribution in [0.3, 0.4) is 0 Å². The number of nitrogens with zero attached hydrogens (tertiary/aromatic N) is 2. The molecule has 94 valence electrons. The minimum atomic E-state index is -0.152. The van der Waals surface area contributed by atoms with Crippen LogP contribution in [0, 0.1) is 0 Å². The van der Waals surface area contributed by atoms with Gasteiger partial charge in [0.2, 0.25) is 0 Å². The summed E-state index contributed by atoms with van der Waals surface area (Å²) in [7, 11) is 0. The normalized spacial score (nSPS) is 18.2. The van der Waals surface area contributed by atoms with Crippen molar-refractivity contribution in [1.29, 1.82) is 0 Å². The third-order valence-electron chi connectivity index (χ3n) is 2.95. The highest BCUT2D eigenvalue weighted by molar-refractivity contribution is 5.93. The molecule has 0 aromatic carbocycles. The van der Waals surface area contributed by atoms with E-state index >= 15 is 0 Å². The van der Waals surface area contributed by atoms with Gasteiger partial charge in [-0.25, -0.2) is 0 Å². The highest BCUT2D eigenvalue weighted by atomic mass is 16.2. The maximum Gasteiger partial charge on any atom is 0.269 e. The Kier molecular flexibility index (Phi) is 3.63. The summed E-state index contributed by atoms with van der Waals surface area (Å²) in [5.41, 5.74) is 5.86. The number of likely N-dealkylation sites (tertiary alicyclic amines) is 1. The van der Waals surface area contributed by atoms with E-state index in [1.807, 2.05) is 6.92 Å². The summed E-state index contributed by atoms with van der Waals surface area (Å²) in [5, 5.41) is 9.26. The van der Waals surface area contributed by atoms with E-state index in [-0.39, 0.29) is 11.9 Å². The molecule has 0 bridgehead atoms. The Morgan fingerprint density at radius 2 is 2.35 bits per heavy atom. The van der Waals surface area contributed by atoms with Crippen LogP contribution in [-0.2, 0) is 0 Å². The Balaban J connectivity index is 1.81. The van der Waals surface area contributed by atoms with Crippen LogP contribution in [0.4, 0.5) is 5.82 Å². The van der Waals surface area contributed by atoms with Crippen LogP contribution in [0.2, 0.25) is 0 Å². The molecule has 4 N–H and O–H groups in total. The minimum Gasteiger partial charge on any atom is -0.382 e. The van der Waals surface area contributed by atoms with E-state index in [1.54, 1.807) is 0 Å². The van der Waals surface area contributed by atoms with Gasteiger partial charge in [0.15, 0.2) is 0 Å². The first-order chi connectivity index (χ1) is 8.15. The van der Waals surface area contributed by atoms with Crippen LogP contribution in [0.25, 0.3) is 0 Å². The van der Waals surface area contributed by atoms with Gasteiger partial charge in [-0.3, -0.25) is 9.89 Å². The van der Waals surface area contributed by atoms with E-state index in [0.717, 1.165) is 19.6 Å². The van der Waals surface area contributed by atoms with E-state index in [9.17, 15) is 4.79 Å². The van der Waals surface area contributed by atoms with E-state index in [0.29, 0.717) is 11.5 Å². The second-order valence-electron chi connectivity index (χ2n) is 4.59. The first-order valence-electron chi connectivity index (χ1n) is 5.99. The fourth-order valence-electron chi connectivity index (χ4n) is 2.15. The number of H-pyrrole nitrogens is 1. The molecule has 1 fully saturated rings. The number of aromatic amines is 1. The van der Waals surface area contributed by atoms with Crippen LogP contribution < -0.4 is 11.1 Å². The molecule has 6 heteroatoms. The van der Waals surface area contributed by atoms with Gasteiger partial charge in [-0.1, -0.05) is 0 Å². The largest absolute Gasteiger partial charge is 0.382 e. The van der Waals surface area contributed by atoms with Crippen molar-refractivity contribution in [3.63, 3.8) is 0 Å². The van der Waals surface area contributed by atoms with E-state index < -0.39 is 0 Å². The number of aromatic nitrogens is 2. The zero-order chi connectivity index (χ0) is 12.3. The van der Waals surface area contributed by atoms with Crippen LogP contribution in [0.5, 0.6) is 0 Å². The Labute approximate surface area is 101 Å². The van der Waals surface area contributed by atoms with Crippen molar-refractivity contribution >= 4 is 11.7 Å². The van der Waals surface area contributed by atoms with Crippen molar-refractivity contribution in [2.24, 2.45) is 0 Å². The quantitative estimate of drug-likeness (QED) is 0.698. The molecule has 1 aromatic heterocycles. The van der Waals surface area contributed by atoms with Gasteiger partial charge in [-0.15, -0.1) is 0 Å². The number of carbonyl (C=O) groups is 1. The summed E-state index contributed by atoms with van der Waals surface area (Å²) >= 11 is 0. The van der Waals surface area contributed by atoms with Crippen LogP contribution in [0.15, 0.2) is 6.07 Å². The smallest absolute Gasteiger partial charge is 0.269 e. The van der Waals surface area contributed by atoms with E-state index in [4.69, 9.17) is 5.73 Å². The summed E-state index contributed by atoms with van der Waals surface area (Å²) in [4.78, 5) is 14.2. The molecule has 0 spiro atoms. The topological polar surface area (TPSA) is 87.0 Å². The zero-order valence-corrected chi connectivity index (χ0v) is 10.1. The lowest BCUT2D eigenvalue weighted by atomic mass is 10.3. The number of rotatable bonds is 4. The molecule has 2 heterocycles. The molecule has 17 heavy (non-hydrogen) atoms. The van der Waals surface area contributed by atoms with Crippen LogP contribution >= 0.6 is 0 Å². The Morgan fingerprint density at radius 1 is 1.65 bits per heavy atom. The number of carbonyl (C=O) groups excluding carboxylic acids is 1. The lowest BCUT2D eigenvalue weighted by Gasteiger charge is -2.20. The highest BCUT2D eigenvalue weighted by Gasteiger charge is 2.17. The molecule has 0 aliphatic carbocycles. The Hall–Kier alpha value is -1.56. The molecule has 2 rings (SSSR count). The Bertz CT molecular complexity index is 383. The van der Waals surface area contributed by atoms with Crippen molar-refractivity contribution in [2.75, 3.05) is 25.4 Å².